The zero-order valence-corrected chi connectivity index (χ0v) is 13.2. The van der Waals surface area contributed by atoms with Gasteiger partial charge in [-0.1, -0.05) is 18.2 Å². The number of rotatable bonds is 2. The summed E-state index contributed by atoms with van der Waals surface area (Å²) in [5.41, 5.74) is 9.84. The number of nitrogens with two attached hydrogens (primary N) is 1. The van der Waals surface area contributed by atoms with E-state index < -0.39 is 9.84 Å². The fraction of sp³-hybridized carbons (Fsp3) is 0.200. The summed E-state index contributed by atoms with van der Waals surface area (Å²) in [6.45, 7) is 0.863. The van der Waals surface area contributed by atoms with E-state index >= 15 is 0 Å². The SMILES string of the molecule is CS(=O)(=O)c1ccc(N2CCc3ccccc32)c(N)c1.Cl. The fourth-order valence-electron chi connectivity index (χ4n) is 2.60. The van der Waals surface area contributed by atoms with Crippen molar-refractivity contribution >= 4 is 39.3 Å². The van der Waals surface area contributed by atoms with Gasteiger partial charge in [-0.25, -0.2) is 8.42 Å². The number of hydrogen-bond donors (Lipinski definition) is 1. The maximum Gasteiger partial charge on any atom is 0.175 e. The van der Waals surface area contributed by atoms with Gasteiger partial charge in [0.25, 0.3) is 0 Å². The summed E-state index contributed by atoms with van der Waals surface area (Å²) < 4.78 is 23.1. The van der Waals surface area contributed by atoms with E-state index in [-0.39, 0.29) is 17.3 Å². The molecule has 2 N–H and O–H groups in total. The number of anilines is 3. The van der Waals surface area contributed by atoms with E-state index in [1.54, 1.807) is 12.1 Å². The number of nitrogens with zero attached hydrogens (tertiary/aromatic N) is 1. The first-order valence-corrected chi connectivity index (χ1v) is 8.31. The van der Waals surface area contributed by atoms with Crippen LogP contribution in [0.15, 0.2) is 47.4 Å². The molecule has 3 rings (SSSR count). The lowest BCUT2D eigenvalue weighted by molar-refractivity contribution is 0.602. The highest BCUT2D eigenvalue weighted by atomic mass is 35.5. The topological polar surface area (TPSA) is 63.4 Å². The molecule has 1 aliphatic heterocycles. The van der Waals surface area contributed by atoms with Gasteiger partial charge >= 0.3 is 0 Å². The third-order valence-corrected chi connectivity index (χ3v) is 4.72. The van der Waals surface area contributed by atoms with Gasteiger partial charge in [0, 0.05) is 18.5 Å². The van der Waals surface area contributed by atoms with Gasteiger partial charge in [-0.05, 0) is 36.2 Å². The van der Waals surface area contributed by atoms with Crippen molar-refractivity contribution in [1.29, 1.82) is 0 Å². The van der Waals surface area contributed by atoms with E-state index in [1.807, 2.05) is 12.1 Å². The summed E-state index contributed by atoms with van der Waals surface area (Å²) in [7, 11) is -3.22. The van der Waals surface area contributed by atoms with Crippen LogP contribution >= 0.6 is 12.4 Å². The minimum absolute atomic E-state index is 0. The zero-order valence-electron chi connectivity index (χ0n) is 11.6. The van der Waals surface area contributed by atoms with E-state index in [9.17, 15) is 8.42 Å². The molecule has 0 fully saturated rings. The molecule has 0 saturated heterocycles. The van der Waals surface area contributed by atoms with Crippen LogP contribution in [0.25, 0.3) is 0 Å². The van der Waals surface area contributed by atoms with Crippen LogP contribution < -0.4 is 10.6 Å². The van der Waals surface area contributed by atoms with Gasteiger partial charge in [-0.15, -0.1) is 12.4 Å². The molecule has 2 aromatic rings. The zero-order chi connectivity index (χ0) is 14.3. The second-order valence-electron chi connectivity index (χ2n) is 5.02. The van der Waals surface area contributed by atoms with E-state index in [0.29, 0.717) is 5.69 Å². The Morgan fingerprint density at radius 2 is 1.81 bits per heavy atom. The van der Waals surface area contributed by atoms with E-state index in [4.69, 9.17) is 5.73 Å². The van der Waals surface area contributed by atoms with Gasteiger partial charge in [-0.3, -0.25) is 0 Å². The second kappa shape index (κ2) is 5.58. The average molecular weight is 325 g/mol. The Hall–Kier alpha value is -1.72. The van der Waals surface area contributed by atoms with Crippen LogP contribution in [-0.4, -0.2) is 21.2 Å². The smallest absolute Gasteiger partial charge is 0.175 e. The Kier molecular flexibility index (Phi) is 4.16. The second-order valence-corrected chi connectivity index (χ2v) is 7.04. The Bertz CT molecular complexity index is 775. The molecule has 112 valence electrons. The minimum Gasteiger partial charge on any atom is -0.397 e. The summed E-state index contributed by atoms with van der Waals surface area (Å²) in [6.07, 6.45) is 2.16. The summed E-state index contributed by atoms with van der Waals surface area (Å²) in [5.74, 6) is 0. The monoisotopic (exact) mass is 324 g/mol. The number of fused-ring (bicyclic) bond motifs is 1. The molecular weight excluding hydrogens is 308 g/mol. The lowest BCUT2D eigenvalue weighted by atomic mass is 10.2. The Balaban J connectivity index is 0.00000161. The Labute approximate surface area is 130 Å². The quantitative estimate of drug-likeness (QED) is 0.863. The number of para-hydroxylation sites is 1. The van der Waals surface area contributed by atoms with Crippen LogP contribution in [0.2, 0.25) is 0 Å². The van der Waals surface area contributed by atoms with Gasteiger partial charge in [0.1, 0.15) is 0 Å². The lowest BCUT2D eigenvalue weighted by Crippen LogP contribution is -2.15. The molecule has 0 aromatic heterocycles. The van der Waals surface area contributed by atoms with E-state index in [2.05, 4.69) is 17.0 Å². The summed E-state index contributed by atoms with van der Waals surface area (Å²) in [6, 6.07) is 13.1. The predicted octanol–water partition coefficient (Wildman–Crippen LogP) is 2.79. The molecule has 1 aliphatic rings. The molecule has 0 spiro atoms. The molecule has 6 heteroatoms. The molecule has 0 aliphatic carbocycles. The molecular formula is C15H17ClN2O2S. The van der Waals surface area contributed by atoms with Crippen molar-refractivity contribution in [2.75, 3.05) is 23.4 Å². The number of sulfone groups is 1. The van der Waals surface area contributed by atoms with Crippen molar-refractivity contribution in [3.63, 3.8) is 0 Å². The van der Waals surface area contributed by atoms with Crippen LogP contribution in [0.1, 0.15) is 5.56 Å². The molecule has 0 atom stereocenters. The number of nitrogen functional groups attached to an aromatic ring is 1. The molecule has 21 heavy (non-hydrogen) atoms. The molecule has 0 bridgehead atoms. The van der Waals surface area contributed by atoms with Crippen LogP contribution in [0.3, 0.4) is 0 Å². The van der Waals surface area contributed by atoms with Crippen molar-refractivity contribution in [2.24, 2.45) is 0 Å². The number of hydrogen-bond acceptors (Lipinski definition) is 4. The molecule has 0 unspecified atom stereocenters. The van der Waals surface area contributed by atoms with Crippen molar-refractivity contribution in [2.45, 2.75) is 11.3 Å². The van der Waals surface area contributed by atoms with Crippen LogP contribution in [0.4, 0.5) is 17.1 Å². The largest absolute Gasteiger partial charge is 0.397 e. The third-order valence-electron chi connectivity index (χ3n) is 3.61. The first-order chi connectivity index (χ1) is 9.47. The maximum absolute atomic E-state index is 11.5. The number of halogens is 1. The molecule has 2 aromatic carbocycles. The standard InChI is InChI=1S/C15H16N2O2S.ClH/c1-20(18,19)12-6-7-15(13(16)10-12)17-9-8-11-4-2-3-5-14(11)17;/h2-7,10H,8-9,16H2,1H3;1H. The van der Waals surface area contributed by atoms with Crippen molar-refractivity contribution < 1.29 is 8.42 Å². The van der Waals surface area contributed by atoms with Crippen LogP contribution in [-0.2, 0) is 16.3 Å². The normalized spacial score (nSPS) is 13.7. The van der Waals surface area contributed by atoms with E-state index in [0.717, 1.165) is 24.3 Å². The summed E-state index contributed by atoms with van der Waals surface area (Å²) in [4.78, 5) is 2.39. The molecule has 0 radical (unpaired) electrons. The van der Waals surface area contributed by atoms with Gasteiger partial charge in [0.05, 0.1) is 16.3 Å². The molecule has 0 amide bonds. The van der Waals surface area contributed by atoms with Gasteiger partial charge in [0.15, 0.2) is 9.84 Å². The van der Waals surface area contributed by atoms with Crippen LogP contribution in [0, 0.1) is 0 Å². The maximum atomic E-state index is 11.5. The van der Waals surface area contributed by atoms with Crippen molar-refractivity contribution in [1.82, 2.24) is 0 Å². The fourth-order valence-corrected chi connectivity index (χ4v) is 3.25. The predicted molar refractivity (Wildman–Crippen MR) is 88.4 cm³/mol. The first kappa shape index (κ1) is 15.7. The Morgan fingerprint density at radius 1 is 1.10 bits per heavy atom. The highest BCUT2D eigenvalue weighted by molar-refractivity contribution is 7.90. The molecule has 4 nitrogen and oxygen atoms in total. The summed E-state index contributed by atoms with van der Waals surface area (Å²) in [5, 5.41) is 0. The van der Waals surface area contributed by atoms with Crippen molar-refractivity contribution in [3.8, 4) is 0 Å². The van der Waals surface area contributed by atoms with Gasteiger partial charge in [-0.2, -0.15) is 0 Å². The number of benzene rings is 2. The highest BCUT2D eigenvalue weighted by Gasteiger charge is 2.22. The van der Waals surface area contributed by atoms with Gasteiger partial charge in [0.2, 0.25) is 0 Å². The highest BCUT2D eigenvalue weighted by Crippen LogP contribution is 2.37. The summed E-state index contributed by atoms with van der Waals surface area (Å²) >= 11 is 0. The minimum atomic E-state index is -3.22. The van der Waals surface area contributed by atoms with E-state index in [1.165, 1.54) is 17.9 Å². The van der Waals surface area contributed by atoms with Crippen LogP contribution in [0.5, 0.6) is 0 Å². The Morgan fingerprint density at radius 3 is 2.48 bits per heavy atom. The average Bonchev–Trinajstić information content (AvgIpc) is 2.81. The third kappa shape index (κ3) is 2.84. The van der Waals surface area contributed by atoms with Gasteiger partial charge < -0.3 is 10.6 Å². The lowest BCUT2D eigenvalue weighted by Gasteiger charge is -2.21. The molecule has 1 heterocycles. The van der Waals surface area contributed by atoms with Crippen molar-refractivity contribution in [3.05, 3.63) is 48.0 Å². The molecule has 0 saturated carbocycles. The first-order valence-electron chi connectivity index (χ1n) is 6.42.